The third-order valence-corrected chi connectivity index (χ3v) is 3.19. The lowest BCUT2D eigenvalue weighted by Gasteiger charge is -2.02. The maximum atomic E-state index is 11.8. The minimum Gasteiger partial charge on any atom is -0.269 e. The zero-order chi connectivity index (χ0) is 12.5. The summed E-state index contributed by atoms with van der Waals surface area (Å²) in [4.78, 5) is 11.8. The zero-order valence-electron chi connectivity index (χ0n) is 9.43. The van der Waals surface area contributed by atoms with Crippen molar-refractivity contribution in [3.63, 3.8) is 0 Å². The van der Waals surface area contributed by atoms with Crippen LogP contribution in [-0.4, -0.2) is 14.6 Å². The fraction of sp³-hybridized carbons (Fsp3) is 0.0769. The minimum atomic E-state index is -0.0942. The summed E-state index contributed by atoms with van der Waals surface area (Å²) in [6.07, 6.45) is 0.517. The monoisotopic (exact) mass is 259 g/mol. The average molecular weight is 260 g/mol. The lowest BCUT2D eigenvalue weighted by molar-refractivity contribution is 0.917. The van der Waals surface area contributed by atoms with Gasteiger partial charge in [-0.25, -0.2) is 4.40 Å². The van der Waals surface area contributed by atoms with E-state index in [-0.39, 0.29) is 5.56 Å². The zero-order valence-corrected chi connectivity index (χ0v) is 10.2. The van der Waals surface area contributed by atoms with E-state index < -0.39 is 0 Å². The van der Waals surface area contributed by atoms with E-state index in [2.05, 4.69) is 10.2 Å². The first-order valence-corrected chi connectivity index (χ1v) is 5.92. The number of benzene rings is 1. The molecule has 0 spiro atoms. The van der Waals surface area contributed by atoms with Gasteiger partial charge in [-0.1, -0.05) is 35.9 Å². The Balaban J connectivity index is 2.11. The maximum absolute atomic E-state index is 11.8. The topological polar surface area (TPSA) is 50.2 Å². The minimum absolute atomic E-state index is 0.0942. The van der Waals surface area contributed by atoms with Gasteiger partial charge in [0.15, 0.2) is 0 Å². The maximum Gasteiger partial charge on any atom is 0.257 e. The molecule has 0 bridgehead atoms. The Morgan fingerprint density at radius 1 is 1.17 bits per heavy atom. The van der Waals surface area contributed by atoms with Crippen LogP contribution in [0.15, 0.2) is 47.3 Å². The van der Waals surface area contributed by atoms with Crippen molar-refractivity contribution in [1.82, 2.24) is 14.6 Å². The highest BCUT2D eigenvalue weighted by Gasteiger charge is 2.08. The number of aromatic nitrogens is 3. The van der Waals surface area contributed by atoms with Crippen molar-refractivity contribution in [2.45, 2.75) is 6.42 Å². The molecular formula is C13H10ClN3O. The number of halogens is 1. The van der Waals surface area contributed by atoms with Gasteiger partial charge in [-0.2, -0.15) is 5.10 Å². The molecule has 0 unspecified atom stereocenters. The fourth-order valence-corrected chi connectivity index (χ4v) is 2.15. The van der Waals surface area contributed by atoms with Crippen LogP contribution in [0.4, 0.5) is 0 Å². The molecule has 0 radical (unpaired) electrons. The molecule has 0 fully saturated rings. The third kappa shape index (κ3) is 1.80. The highest BCUT2D eigenvalue weighted by molar-refractivity contribution is 6.31. The van der Waals surface area contributed by atoms with Crippen LogP contribution in [0.2, 0.25) is 5.02 Å². The number of rotatable bonds is 2. The summed E-state index contributed by atoms with van der Waals surface area (Å²) in [7, 11) is 0. The average Bonchev–Trinajstić information content (AvgIpc) is 2.77. The lowest BCUT2D eigenvalue weighted by atomic mass is 10.1. The van der Waals surface area contributed by atoms with Crippen molar-refractivity contribution in [2.24, 2.45) is 0 Å². The third-order valence-electron chi connectivity index (χ3n) is 2.82. The Hall–Kier alpha value is -2.07. The van der Waals surface area contributed by atoms with Gasteiger partial charge in [-0.15, -0.1) is 0 Å². The van der Waals surface area contributed by atoms with Crippen LogP contribution in [0.5, 0.6) is 0 Å². The van der Waals surface area contributed by atoms with E-state index >= 15 is 0 Å². The van der Waals surface area contributed by atoms with E-state index in [4.69, 9.17) is 11.6 Å². The second-order valence-electron chi connectivity index (χ2n) is 3.99. The number of aromatic amines is 1. The predicted molar refractivity (Wildman–Crippen MR) is 70.1 cm³/mol. The molecule has 0 saturated carbocycles. The number of pyridine rings is 1. The van der Waals surface area contributed by atoms with Crippen molar-refractivity contribution in [3.05, 3.63) is 69.2 Å². The molecular weight excluding hydrogens is 250 g/mol. The van der Waals surface area contributed by atoms with E-state index in [0.717, 1.165) is 5.56 Å². The molecule has 3 rings (SSSR count). The fourth-order valence-electron chi connectivity index (χ4n) is 1.95. The summed E-state index contributed by atoms with van der Waals surface area (Å²) in [5.74, 6) is 0.656. The first-order chi connectivity index (χ1) is 8.75. The van der Waals surface area contributed by atoms with E-state index in [1.54, 1.807) is 10.5 Å². The standard InChI is InChI=1S/C13H10ClN3O/c14-10-5-2-1-4-9(10)8-12-16-15-11-6-3-7-13(18)17(11)12/h1-7,15H,8H2. The molecule has 2 aromatic heterocycles. The van der Waals surface area contributed by atoms with Crippen molar-refractivity contribution < 1.29 is 0 Å². The van der Waals surface area contributed by atoms with Crippen LogP contribution in [-0.2, 0) is 6.42 Å². The SMILES string of the molecule is O=c1cccc2[nH]nc(Cc3ccccc3Cl)n12. The number of hydrogen-bond donors (Lipinski definition) is 1. The number of nitrogens with one attached hydrogen (secondary N) is 1. The number of hydrogen-bond acceptors (Lipinski definition) is 2. The molecule has 1 aromatic carbocycles. The van der Waals surface area contributed by atoms with Crippen LogP contribution in [0, 0.1) is 0 Å². The smallest absolute Gasteiger partial charge is 0.257 e. The van der Waals surface area contributed by atoms with Crippen LogP contribution in [0.25, 0.3) is 5.65 Å². The first kappa shape index (κ1) is 11.0. The molecule has 4 nitrogen and oxygen atoms in total. The molecule has 90 valence electrons. The van der Waals surface area contributed by atoms with E-state index in [9.17, 15) is 4.79 Å². The molecule has 0 saturated heterocycles. The number of H-pyrrole nitrogens is 1. The summed E-state index contributed by atoms with van der Waals surface area (Å²) in [6, 6.07) is 12.6. The number of nitrogens with zero attached hydrogens (tertiary/aromatic N) is 2. The van der Waals surface area contributed by atoms with Gasteiger partial charge in [-0.3, -0.25) is 9.89 Å². The van der Waals surface area contributed by atoms with Crippen LogP contribution in [0.1, 0.15) is 11.4 Å². The van der Waals surface area contributed by atoms with Crippen molar-refractivity contribution in [3.8, 4) is 0 Å². The van der Waals surface area contributed by atoms with Gasteiger partial charge in [0, 0.05) is 17.5 Å². The summed E-state index contributed by atoms with van der Waals surface area (Å²) in [5.41, 5.74) is 1.54. The van der Waals surface area contributed by atoms with E-state index in [0.29, 0.717) is 22.9 Å². The Morgan fingerprint density at radius 2 is 2.00 bits per heavy atom. The van der Waals surface area contributed by atoms with Crippen molar-refractivity contribution in [2.75, 3.05) is 0 Å². The van der Waals surface area contributed by atoms with Gasteiger partial charge < -0.3 is 0 Å². The van der Waals surface area contributed by atoms with Gasteiger partial charge in [-0.05, 0) is 17.7 Å². The number of fused-ring (bicyclic) bond motifs is 1. The summed E-state index contributed by atoms with van der Waals surface area (Å²) in [5, 5.41) is 7.69. The largest absolute Gasteiger partial charge is 0.269 e. The van der Waals surface area contributed by atoms with Gasteiger partial charge in [0.25, 0.3) is 5.56 Å². The molecule has 2 heterocycles. The highest BCUT2D eigenvalue weighted by Crippen LogP contribution is 2.17. The van der Waals surface area contributed by atoms with E-state index in [1.807, 2.05) is 30.3 Å². The summed E-state index contributed by atoms with van der Waals surface area (Å²) >= 11 is 6.11. The molecule has 18 heavy (non-hydrogen) atoms. The van der Waals surface area contributed by atoms with Crippen LogP contribution < -0.4 is 5.56 Å². The van der Waals surface area contributed by atoms with Crippen LogP contribution in [0.3, 0.4) is 0 Å². The van der Waals surface area contributed by atoms with Crippen LogP contribution >= 0.6 is 11.6 Å². The van der Waals surface area contributed by atoms with Crippen molar-refractivity contribution >= 4 is 17.2 Å². The summed E-state index contributed by atoms with van der Waals surface area (Å²) < 4.78 is 1.56. The lowest BCUT2D eigenvalue weighted by Crippen LogP contribution is -2.13. The van der Waals surface area contributed by atoms with Crippen molar-refractivity contribution in [1.29, 1.82) is 0 Å². The molecule has 1 N–H and O–H groups in total. The highest BCUT2D eigenvalue weighted by atomic mass is 35.5. The molecule has 0 aliphatic heterocycles. The Morgan fingerprint density at radius 3 is 2.83 bits per heavy atom. The second-order valence-corrected chi connectivity index (χ2v) is 4.40. The first-order valence-electron chi connectivity index (χ1n) is 5.54. The quantitative estimate of drug-likeness (QED) is 0.768. The Bertz CT molecular complexity index is 760. The van der Waals surface area contributed by atoms with Gasteiger partial charge >= 0.3 is 0 Å². The summed E-state index contributed by atoms with van der Waals surface area (Å²) in [6.45, 7) is 0. The van der Waals surface area contributed by atoms with Gasteiger partial charge in [0.05, 0.1) is 0 Å². The Labute approximate surface area is 108 Å². The normalized spacial score (nSPS) is 10.9. The van der Waals surface area contributed by atoms with Gasteiger partial charge in [0.1, 0.15) is 11.5 Å². The molecule has 0 atom stereocenters. The molecule has 3 aromatic rings. The second kappa shape index (κ2) is 4.31. The molecule has 0 aliphatic carbocycles. The predicted octanol–water partition coefficient (Wildman–Crippen LogP) is 2.27. The Kier molecular flexibility index (Phi) is 2.64. The van der Waals surface area contributed by atoms with E-state index in [1.165, 1.54) is 6.07 Å². The molecule has 0 aliphatic rings. The van der Waals surface area contributed by atoms with Gasteiger partial charge in [0.2, 0.25) is 0 Å². The molecule has 0 amide bonds. The molecule has 5 heteroatoms.